The van der Waals surface area contributed by atoms with Crippen LogP contribution >= 0.6 is 15.9 Å². The minimum atomic E-state index is -0.106. The Labute approximate surface area is 176 Å². The van der Waals surface area contributed by atoms with Gasteiger partial charge in [-0.15, -0.1) is 0 Å². The van der Waals surface area contributed by atoms with Crippen LogP contribution in [-0.4, -0.2) is 16.0 Å². The van der Waals surface area contributed by atoms with Gasteiger partial charge in [0.2, 0.25) is 17.6 Å². The number of amides is 1. The molecule has 0 saturated heterocycles. The zero-order valence-corrected chi connectivity index (χ0v) is 17.1. The summed E-state index contributed by atoms with van der Waals surface area (Å²) < 4.78 is 12.0. The number of hydrogen-bond donors (Lipinski definition) is 1. The van der Waals surface area contributed by atoms with Crippen molar-refractivity contribution in [2.75, 3.05) is 0 Å². The molecule has 0 atom stereocenters. The van der Waals surface area contributed by atoms with Crippen LogP contribution in [0.1, 0.15) is 18.1 Å². The van der Waals surface area contributed by atoms with Gasteiger partial charge in [-0.1, -0.05) is 63.6 Å². The summed E-state index contributed by atoms with van der Waals surface area (Å²) in [5, 5.41) is 6.81. The van der Waals surface area contributed by atoms with Crippen LogP contribution in [0.15, 0.2) is 80.1 Å². The second-order valence-corrected chi connectivity index (χ2v) is 7.34. The van der Waals surface area contributed by atoms with E-state index in [1.54, 1.807) is 0 Å². The number of carbonyl (C=O) groups is 1. The Morgan fingerprint density at radius 2 is 1.76 bits per heavy atom. The molecule has 4 aromatic rings. The minimum Gasteiger partial charge on any atom is -0.459 e. The molecular formula is C22H18BrN3O3. The molecule has 0 bridgehead atoms. The average molecular weight is 452 g/mol. The van der Waals surface area contributed by atoms with Crippen LogP contribution in [0.25, 0.3) is 22.7 Å². The second kappa shape index (κ2) is 8.87. The van der Waals surface area contributed by atoms with Crippen molar-refractivity contribution in [2.45, 2.75) is 19.4 Å². The predicted octanol–water partition coefficient (Wildman–Crippen LogP) is 5.01. The van der Waals surface area contributed by atoms with Gasteiger partial charge in [0.1, 0.15) is 11.5 Å². The Morgan fingerprint density at radius 3 is 2.55 bits per heavy atom. The van der Waals surface area contributed by atoms with Gasteiger partial charge in [0.15, 0.2) is 0 Å². The number of rotatable bonds is 7. The van der Waals surface area contributed by atoms with Gasteiger partial charge in [-0.05, 0) is 24.3 Å². The Morgan fingerprint density at radius 1 is 0.966 bits per heavy atom. The zero-order valence-electron chi connectivity index (χ0n) is 15.5. The third-order valence-corrected chi connectivity index (χ3v) is 4.84. The molecule has 2 heterocycles. The number of furan rings is 1. The van der Waals surface area contributed by atoms with E-state index in [4.69, 9.17) is 8.94 Å². The summed E-state index contributed by atoms with van der Waals surface area (Å²) in [4.78, 5) is 16.5. The van der Waals surface area contributed by atoms with E-state index in [1.165, 1.54) is 0 Å². The quantitative estimate of drug-likeness (QED) is 0.427. The molecule has 0 radical (unpaired) electrons. The monoisotopic (exact) mass is 451 g/mol. The fourth-order valence-electron chi connectivity index (χ4n) is 2.80. The maximum absolute atomic E-state index is 12.1. The van der Waals surface area contributed by atoms with Crippen molar-refractivity contribution in [3.63, 3.8) is 0 Å². The van der Waals surface area contributed by atoms with E-state index in [-0.39, 0.29) is 12.3 Å². The highest BCUT2D eigenvalue weighted by Gasteiger charge is 2.11. The minimum absolute atomic E-state index is 0.106. The SMILES string of the molecule is O=C(CCc1nc(-c2ccccc2)no1)NCc1ccc(-c2ccc(Br)cc2)o1. The molecule has 1 amide bonds. The lowest BCUT2D eigenvalue weighted by atomic mass is 10.2. The summed E-state index contributed by atoms with van der Waals surface area (Å²) in [6.45, 7) is 0.328. The molecule has 0 spiro atoms. The summed E-state index contributed by atoms with van der Waals surface area (Å²) in [7, 11) is 0. The van der Waals surface area contributed by atoms with Gasteiger partial charge in [-0.2, -0.15) is 4.98 Å². The van der Waals surface area contributed by atoms with E-state index in [0.717, 1.165) is 21.4 Å². The summed E-state index contributed by atoms with van der Waals surface area (Å²) in [5.74, 6) is 2.32. The Bertz CT molecular complexity index is 1090. The maximum Gasteiger partial charge on any atom is 0.227 e. The van der Waals surface area contributed by atoms with Crippen LogP contribution in [0, 0.1) is 0 Å². The first-order valence-electron chi connectivity index (χ1n) is 9.17. The van der Waals surface area contributed by atoms with Crippen LogP contribution in [0.2, 0.25) is 0 Å². The normalized spacial score (nSPS) is 10.8. The molecule has 2 aromatic carbocycles. The molecule has 2 aromatic heterocycles. The van der Waals surface area contributed by atoms with Gasteiger partial charge in [0, 0.05) is 28.4 Å². The van der Waals surface area contributed by atoms with Gasteiger partial charge < -0.3 is 14.3 Å². The molecule has 0 saturated carbocycles. The molecule has 0 fully saturated rings. The highest BCUT2D eigenvalue weighted by molar-refractivity contribution is 9.10. The lowest BCUT2D eigenvalue weighted by Crippen LogP contribution is -2.22. The Kier molecular flexibility index (Phi) is 5.86. The zero-order chi connectivity index (χ0) is 20.1. The third kappa shape index (κ3) is 5.00. The van der Waals surface area contributed by atoms with E-state index >= 15 is 0 Å². The topological polar surface area (TPSA) is 81.2 Å². The Balaban J connectivity index is 1.27. The van der Waals surface area contributed by atoms with Crippen molar-refractivity contribution < 1.29 is 13.7 Å². The molecule has 29 heavy (non-hydrogen) atoms. The number of aromatic nitrogens is 2. The van der Waals surface area contributed by atoms with Gasteiger partial charge >= 0.3 is 0 Å². The smallest absolute Gasteiger partial charge is 0.227 e. The third-order valence-electron chi connectivity index (χ3n) is 4.32. The van der Waals surface area contributed by atoms with Crippen molar-refractivity contribution in [1.82, 2.24) is 15.5 Å². The first kappa shape index (κ1) is 19.1. The summed E-state index contributed by atoms with van der Waals surface area (Å²) in [6.07, 6.45) is 0.644. The first-order valence-corrected chi connectivity index (χ1v) is 9.96. The number of hydrogen-bond acceptors (Lipinski definition) is 5. The molecule has 4 rings (SSSR count). The highest BCUT2D eigenvalue weighted by Crippen LogP contribution is 2.24. The number of aryl methyl sites for hydroxylation is 1. The Hall–Kier alpha value is -3.19. The maximum atomic E-state index is 12.1. The van der Waals surface area contributed by atoms with Crippen LogP contribution in [0.5, 0.6) is 0 Å². The van der Waals surface area contributed by atoms with Crippen molar-refractivity contribution >= 4 is 21.8 Å². The molecule has 0 aliphatic carbocycles. The van der Waals surface area contributed by atoms with Gasteiger partial charge in [-0.25, -0.2) is 0 Å². The van der Waals surface area contributed by atoms with Crippen molar-refractivity contribution in [2.24, 2.45) is 0 Å². The molecule has 0 unspecified atom stereocenters. The fourth-order valence-corrected chi connectivity index (χ4v) is 3.06. The largest absolute Gasteiger partial charge is 0.459 e. The number of nitrogens with zero attached hydrogens (tertiary/aromatic N) is 2. The van der Waals surface area contributed by atoms with E-state index in [0.29, 0.717) is 30.4 Å². The van der Waals surface area contributed by atoms with E-state index in [2.05, 4.69) is 31.4 Å². The number of nitrogens with one attached hydrogen (secondary N) is 1. The highest BCUT2D eigenvalue weighted by atomic mass is 79.9. The average Bonchev–Trinajstić information content (AvgIpc) is 3.42. The van der Waals surface area contributed by atoms with Crippen LogP contribution in [-0.2, 0) is 17.8 Å². The lowest BCUT2D eigenvalue weighted by molar-refractivity contribution is -0.121. The van der Waals surface area contributed by atoms with Crippen LogP contribution in [0.3, 0.4) is 0 Å². The van der Waals surface area contributed by atoms with Gasteiger partial charge in [0.25, 0.3) is 0 Å². The number of benzene rings is 2. The van der Waals surface area contributed by atoms with E-state index < -0.39 is 0 Å². The van der Waals surface area contributed by atoms with Gasteiger partial charge in [0.05, 0.1) is 6.54 Å². The first-order chi connectivity index (χ1) is 14.2. The summed E-state index contributed by atoms with van der Waals surface area (Å²) >= 11 is 3.42. The molecule has 6 nitrogen and oxygen atoms in total. The van der Waals surface area contributed by atoms with Crippen molar-refractivity contribution in [3.8, 4) is 22.7 Å². The van der Waals surface area contributed by atoms with Crippen molar-refractivity contribution in [3.05, 3.63) is 82.9 Å². The number of halogens is 1. The summed E-state index contributed by atoms with van der Waals surface area (Å²) in [6, 6.07) is 21.2. The molecule has 0 aliphatic rings. The fraction of sp³-hybridized carbons (Fsp3) is 0.136. The lowest BCUT2D eigenvalue weighted by Gasteiger charge is -2.02. The molecule has 1 N–H and O–H groups in total. The van der Waals surface area contributed by atoms with E-state index in [9.17, 15) is 4.79 Å². The van der Waals surface area contributed by atoms with E-state index in [1.807, 2.05) is 66.7 Å². The summed E-state index contributed by atoms with van der Waals surface area (Å²) in [5.41, 5.74) is 1.86. The molecule has 7 heteroatoms. The second-order valence-electron chi connectivity index (χ2n) is 6.43. The van der Waals surface area contributed by atoms with Crippen molar-refractivity contribution in [1.29, 1.82) is 0 Å². The van der Waals surface area contributed by atoms with Crippen LogP contribution in [0.4, 0.5) is 0 Å². The molecule has 0 aliphatic heterocycles. The van der Waals surface area contributed by atoms with Gasteiger partial charge in [-0.3, -0.25) is 4.79 Å². The molecular weight excluding hydrogens is 434 g/mol. The van der Waals surface area contributed by atoms with Crippen LogP contribution < -0.4 is 5.32 Å². The molecule has 146 valence electrons. The number of carbonyl (C=O) groups excluding carboxylic acids is 1. The standard InChI is InChI=1S/C22H18BrN3O3/c23-17-8-6-15(7-9-17)19-11-10-18(28-19)14-24-20(27)12-13-21-25-22(26-29-21)16-4-2-1-3-5-16/h1-11H,12-14H2,(H,24,27). The predicted molar refractivity (Wildman–Crippen MR) is 112 cm³/mol.